The molecule has 136 valence electrons. The average Bonchev–Trinajstić information content (AvgIpc) is 2.68. The lowest BCUT2D eigenvalue weighted by Crippen LogP contribution is -2.44. The van der Waals surface area contributed by atoms with E-state index in [0.29, 0.717) is 6.04 Å². The summed E-state index contributed by atoms with van der Waals surface area (Å²) in [7, 11) is 2.03. The summed E-state index contributed by atoms with van der Waals surface area (Å²) < 4.78 is 0. The Morgan fingerprint density at radius 2 is 1.77 bits per heavy atom. The van der Waals surface area contributed by atoms with Crippen LogP contribution in [0.5, 0.6) is 0 Å². The second-order valence-corrected chi connectivity index (χ2v) is 6.93. The first kappa shape index (κ1) is 18.9. The minimum atomic E-state index is 0. The highest BCUT2D eigenvalue weighted by molar-refractivity contribution is 6.30. The molecule has 6 heteroatoms. The van der Waals surface area contributed by atoms with Gasteiger partial charge in [0, 0.05) is 40.5 Å². The SMILES string of the molecule is CNC1CCCN(c2nnc(-c3ccc(Cl)cc3)c3ccccc23)C1.Cl. The zero-order valence-electron chi connectivity index (χ0n) is 14.7. The molecule has 1 atom stereocenters. The minimum absolute atomic E-state index is 0. The highest BCUT2D eigenvalue weighted by Crippen LogP contribution is 2.32. The topological polar surface area (TPSA) is 41.0 Å². The third-order valence-electron chi connectivity index (χ3n) is 4.91. The van der Waals surface area contributed by atoms with E-state index in [2.05, 4.69) is 44.7 Å². The van der Waals surface area contributed by atoms with Crippen LogP contribution in [0.25, 0.3) is 22.0 Å². The fourth-order valence-corrected chi connectivity index (χ4v) is 3.68. The van der Waals surface area contributed by atoms with Crippen molar-refractivity contribution < 1.29 is 0 Å². The molecule has 1 N–H and O–H groups in total. The van der Waals surface area contributed by atoms with Crippen molar-refractivity contribution in [3.05, 3.63) is 53.6 Å². The van der Waals surface area contributed by atoms with Gasteiger partial charge in [-0.3, -0.25) is 0 Å². The van der Waals surface area contributed by atoms with Crippen molar-refractivity contribution in [1.82, 2.24) is 15.5 Å². The minimum Gasteiger partial charge on any atom is -0.353 e. The maximum atomic E-state index is 6.02. The van der Waals surface area contributed by atoms with E-state index >= 15 is 0 Å². The van der Waals surface area contributed by atoms with Gasteiger partial charge in [0.05, 0.1) is 0 Å². The van der Waals surface area contributed by atoms with Gasteiger partial charge < -0.3 is 10.2 Å². The molecule has 1 unspecified atom stereocenters. The van der Waals surface area contributed by atoms with Crippen LogP contribution in [-0.2, 0) is 0 Å². The average molecular weight is 389 g/mol. The van der Waals surface area contributed by atoms with Crippen LogP contribution in [-0.4, -0.2) is 36.4 Å². The van der Waals surface area contributed by atoms with Crippen molar-refractivity contribution in [2.45, 2.75) is 18.9 Å². The summed E-state index contributed by atoms with van der Waals surface area (Å²) in [4.78, 5) is 2.35. The van der Waals surface area contributed by atoms with Crippen LogP contribution < -0.4 is 10.2 Å². The number of anilines is 1. The monoisotopic (exact) mass is 388 g/mol. The lowest BCUT2D eigenvalue weighted by Gasteiger charge is -2.33. The molecule has 26 heavy (non-hydrogen) atoms. The van der Waals surface area contributed by atoms with Gasteiger partial charge in [-0.2, -0.15) is 0 Å². The fourth-order valence-electron chi connectivity index (χ4n) is 3.55. The van der Waals surface area contributed by atoms with Gasteiger partial charge in [-0.05, 0) is 32.0 Å². The second-order valence-electron chi connectivity index (χ2n) is 6.50. The number of hydrogen-bond donors (Lipinski definition) is 1. The summed E-state index contributed by atoms with van der Waals surface area (Å²) in [6.07, 6.45) is 2.38. The quantitative estimate of drug-likeness (QED) is 0.713. The largest absolute Gasteiger partial charge is 0.353 e. The van der Waals surface area contributed by atoms with Gasteiger partial charge in [-0.15, -0.1) is 22.6 Å². The maximum Gasteiger partial charge on any atom is 0.159 e. The number of fused-ring (bicyclic) bond motifs is 1. The van der Waals surface area contributed by atoms with Gasteiger partial charge in [0.25, 0.3) is 0 Å². The molecule has 0 radical (unpaired) electrons. The maximum absolute atomic E-state index is 6.02. The lowest BCUT2D eigenvalue weighted by molar-refractivity contribution is 0.447. The molecule has 0 bridgehead atoms. The summed E-state index contributed by atoms with van der Waals surface area (Å²) >= 11 is 6.02. The van der Waals surface area contributed by atoms with Crippen LogP contribution in [0, 0.1) is 0 Å². The van der Waals surface area contributed by atoms with Crippen LogP contribution in [0.15, 0.2) is 48.5 Å². The van der Waals surface area contributed by atoms with Crippen molar-refractivity contribution in [2.24, 2.45) is 0 Å². The normalized spacial score (nSPS) is 17.2. The number of nitrogens with one attached hydrogen (secondary N) is 1. The molecular formula is C20H22Cl2N4. The number of likely N-dealkylation sites (N-methyl/N-ethyl adjacent to an activating group) is 1. The molecule has 4 rings (SSSR count). The smallest absolute Gasteiger partial charge is 0.159 e. The van der Waals surface area contributed by atoms with Crippen LogP contribution in [0.1, 0.15) is 12.8 Å². The Labute approximate surface area is 165 Å². The van der Waals surface area contributed by atoms with E-state index in [4.69, 9.17) is 11.6 Å². The van der Waals surface area contributed by atoms with Gasteiger partial charge in [-0.1, -0.05) is 48.0 Å². The molecular weight excluding hydrogens is 367 g/mol. The van der Waals surface area contributed by atoms with Crippen molar-refractivity contribution in [2.75, 3.05) is 25.0 Å². The number of rotatable bonds is 3. The van der Waals surface area contributed by atoms with E-state index < -0.39 is 0 Å². The molecule has 1 saturated heterocycles. The Morgan fingerprint density at radius 1 is 1.04 bits per heavy atom. The van der Waals surface area contributed by atoms with Crippen LogP contribution in [0.2, 0.25) is 5.02 Å². The van der Waals surface area contributed by atoms with E-state index in [-0.39, 0.29) is 12.4 Å². The Kier molecular flexibility index (Phi) is 5.97. The van der Waals surface area contributed by atoms with Gasteiger partial charge in [-0.25, -0.2) is 0 Å². The van der Waals surface area contributed by atoms with Crippen molar-refractivity contribution in [3.8, 4) is 11.3 Å². The summed E-state index contributed by atoms with van der Waals surface area (Å²) in [6, 6.07) is 16.7. The predicted molar refractivity (Wildman–Crippen MR) is 112 cm³/mol. The number of benzene rings is 2. The summed E-state index contributed by atoms with van der Waals surface area (Å²) in [5.41, 5.74) is 1.93. The fraction of sp³-hybridized carbons (Fsp3) is 0.300. The van der Waals surface area contributed by atoms with Gasteiger partial charge in [0.1, 0.15) is 5.69 Å². The zero-order chi connectivity index (χ0) is 17.2. The molecule has 1 aliphatic heterocycles. The first-order valence-electron chi connectivity index (χ1n) is 8.70. The third-order valence-corrected chi connectivity index (χ3v) is 5.17. The summed E-state index contributed by atoms with van der Waals surface area (Å²) in [5, 5.41) is 15.6. The van der Waals surface area contributed by atoms with Crippen LogP contribution >= 0.6 is 24.0 Å². The molecule has 3 aromatic rings. The highest BCUT2D eigenvalue weighted by atomic mass is 35.5. The molecule has 0 saturated carbocycles. The number of aromatic nitrogens is 2. The van der Waals surface area contributed by atoms with E-state index in [1.807, 2.05) is 31.3 Å². The van der Waals surface area contributed by atoms with E-state index in [1.54, 1.807) is 0 Å². The van der Waals surface area contributed by atoms with E-state index in [1.165, 1.54) is 12.8 Å². The molecule has 2 heterocycles. The Hall–Kier alpha value is -1.88. The zero-order valence-corrected chi connectivity index (χ0v) is 16.2. The predicted octanol–water partition coefficient (Wildman–Crippen LogP) is 4.56. The number of nitrogens with zero attached hydrogens (tertiary/aromatic N) is 3. The first-order chi connectivity index (χ1) is 12.3. The lowest BCUT2D eigenvalue weighted by atomic mass is 10.0. The van der Waals surface area contributed by atoms with Crippen molar-refractivity contribution in [3.63, 3.8) is 0 Å². The molecule has 0 spiro atoms. The second kappa shape index (κ2) is 8.21. The Bertz CT molecular complexity index is 883. The standard InChI is InChI=1S/C20H21ClN4.ClH/c1-22-16-5-4-12-25(13-16)20-18-7-3-2-6-17(18)19(23-24-20)14-8-10-15(21)11-9-14;/h2-3,6-11,16,22H,4-5,12-13H2,1H3;1H. The van der Waals surface area contributed by atoms with Crippen LogP contribution in [0.3, 0.4) is 0 Å². The molecule has 0 amide bonds. The van der Waals surface area contributed by atoms with Gasteiger partial charge in [0.15, 0.2) is 5.82 Å². The number of piperidine rings is 1. The van der Waals surface area contributed by atoms with E-state index in [9.17, 15) is 0 Å². The van der Waals surface area contributed by atoms with Crippen molar-refractivity contribution in [1.29, 1.82) is 0 Å². The molecule has 4 nitrogen and oxygen atoms in total. The molecule has 1 fully saturated rings. The Morgan fingerprint density at radius 3 is 2.50 bits per heavy atom. The van der Waals surface area contributed by atoms with E-state index in [0.717, 1.165) is 46.0 Å². The summed E-state index contributed by atoms with van der Waals surface area (Å²) in [6.45, 7) is 1.99. The van der Waals surface area contributed by atoms with Crippen molar-refractivity contribution >= 4 is 40.6 Å². The first-order valence-corrected chi connectivity index (χ1v) is 9.07. The number of hydrogen-bond acceptors (Lipinski definition) is 4. The van der Waals surface area contributed by atoms with Gasteiger partial charge in [0.2, 0.25) is 0 Å². The molecule has 0 aliphatic carbocycles. The third kappa shape index (κ3) is 3.63. The van der Waals surface area contributed by atoms with Crippen LogP contribution in [0.4, 0.5) is 5.82 Å². The summed E-state index contributed by atoms with van der Waals surface area (Å²) in [5.74, 6) is 0.980. The molecule has 1 aromatic heterocycles. The molecule has 2 aromatic carbocycles. The highest BCUT2D eigenvalue weighted by Gasteiger charge is 2.22. The Balaban J connectivity index is 0.00000196. The molecule has 1 aliphatic rings. The van der Waals surface area contributed by atoms with Gasteiger partial charge >= 0.3 is 0 Å². The number of halogens is 2.